The molecule has 0 fully saturated rings. The Kier molecular flexibility index (Phi) is 4.85. The van der Waals surface area contributed by atoms with Crippen LogP contribution in [0.1, 0.15) is 6.42 Å². The fourth-order valence-electron chi connectivity index (χ4n) is 1.32. The first kappa shape index (κ1) is 12.6. The molecule has 0 radical (unpaired) electrons. The summed E-state index contributed by atoms with van der Waals surface area (Å²) in [6.45, 7) is 1.94. The number of methoxy groups -OCH3 is 1. The molecule has 0 unspecified atom stereocenters. The van der Waals surface area contributed by atoms with E-state index in [1.165, 1.54) is 0 Å². The summed E-state index contributed by atoms with van der Waals surface area (Å²) >= 11 is 0. The number of rotatable bonds is 6. The van der Waals surface area contributed by atoms with Crippen molar-refractivity contribution in [2.75, 3.05) is 45.3 Å². The van der Waals surface area contributed by atoms with Crippen molar-refractivity contribution in [2.45, 2.75) is 6.42 Å². The van der Waals surface area contributed by atoms with E-state index in [1.807, 2.05) is 6.07 Å². The fraction of sp³-hybridized carbons (Fsp3) is 0.545. The smallest absolute Gasteiger partial charge is 0.238 e. The van der Waals surface area contributed by atoms with Gasteiger partial charge in [0.05, 0.1) is 12.8 Å². The van der Waals surface area contributed by atoms with Gasteiger partial charge >= 0.3 is 0 Å². The van der Waals surface area contributed by atoms with Gasteiger partial charge in [0.15, 0.2) is 0 Å². The highest BCUT2D eigenvalue weighted by Gasteiger charge is 2.02. The zero-order chi connectivity index (χ0) is 12.0. The topological polar surface area (TPSA) is 63.4 Å². The Hall–Kier alpha value is -1.49. The van der Waals surface area contributed by atoms with Crippen molar-refractivity contribution in [3.8, 4) is 5.88 Å². The van der Waals surface area contributed by atoms with Gasteiger partial charge in [-0.15, -0.1) is 0 Å². The highest BCUT2D eigenvalue weighted by molar-refractivity contribution is 5.53. The van der Waals surface area contributed by atoms with Crippen LogP contribution >= 0.6 is 0 Å². The SMILES string of the molecule is COc1nc(NCCCN(C)C)ccc1N. The van der Waals surface area contributed by atoms with Crippen LogP contribution in [0, 0.1) is 0 Å². The number of nitrogens with two attached hydrogens (primary N) is 1. The molecule has 0 aliphatic rings. The maximum absolute atomic E-state index is 5.67. The quantitative estimate of drug-likeness (QED) is 0.707. The Morgan fingerprint density at radius 2 is 2.19 bits per heavy atom. The van der Waals surface area contributed by atoms with Crippen LogP contribution in [-0.2, 0) is 0 Å². The molecule has 0 saturated carbocycles. The fourth-order valence-corrected chi connectivity index (χ4v) is 1.32. The molecule has 0 saturated heterocycles. The number of nitrogen functional groups attached to an aromatic ring is 1. The van der Waals surface area contributed by atoms with Crippen LogP contribution < -0.4 is 15.8 Å². The number of hydrogen-bond acceptors (Lipinski definition) is 5. The second-order valence-corrected chi connectivity index (χ2v) is 3.88. The molecule has 0 aliphatic carbocycles. The molecule has 90 valence electrons. The Labute approximate surface area is 96.6 Å². The van der Waals surface area contributed by atoms with Gasteiger partial charge in [-0.2, -0.15) is 4.98 Å². The van der Waals surface area contributed by atoms with Crippen LogP contribution in [0.25, 0.3) is 0 Å². The molecule has 0 spiro atoms. The molecule has 1 aromatic rings. The van der Waals surface area contributed by atoms with Crippen molar-refractivity contribution in [3.05, 3.63) is 12.1 Å². The standard InChI is InChI=1S/C11H20N4O/c1-15(2)8-4-7-13-10-6-5-9(12)11(14-10)16-3/h5-6H,4,7-8,12H2,1-3H3,(H,13,14). The Bertz CT molecular complexity index is 328. The molecule has 1 heterocycles. The minimum atomic E-state index is 0.470. The molecule has 5 nitrogen and oxygen atoms in total. The summed E-state index contributed by atoms with van der Waals surface area (Å²) in [6, 6.07) is 3.65. The van der Waals surface area contributed by atoms with Crippen LogP contribution in [0.2, 0.25) is 0 Å². The highest BCUT2D eigenvalue weighted by Crippen LogP contribution is 2.19. The lowest BCUT2D eigenvalue weighted by molar-refractivity contribution is 0.400. The first-order valence-electron chi connectivity index (χ1n) is 5.32. The van der Waals surface area contributed by atoms with Crippen molar-refractivity contribution < 1.29 is 4.74 Å². The first-order chi connectivity index (χ1) is 7.63. The predicted octanol–water partition coefficient (Wildman–Crippen LogP) is 1.04. The van der Waals surface area contributed by atoms with Crippen LogP contribution in [0.15, 0.2) is 12.1 Å². The van der Waals surface area contributed by atoms with Gasteiger partial charge in [-0.3, -0.25) is 0 Å². The summed E-state index contributed by atoms with van der Waals surface area (Å²) in [5, 5.41) is 3.23. The largest absolute Gasteiger partial charge is 0.479 e. The van der Waals surface area contributed by atoms with Gasteiger partial charge in [-0.25, -0.2) is 0 Å². The molecule has 1 rings (SSSR count). The summed E-state index contributed by atoms with van der Waals surface area (Å²) in [6.07, 6.45) is 1.07. The van der Waals surface area contributed by atoms with E-state index < -0.39 is 0 Å². The third kappa shape index (κ3) is 3.94. The van der Waals surface area contributed by atoms with E-state index in [2.05, 4.69) is 29.3 Å². The first-order valence-corrected chi connectivity index (χ1v) is 5.32. The summed E-state index contributed by atoms with van der Waals surface area (Å²) in [4.78, 5) is 6.39. The second kappa shape index (κ2) is 6.17. The van der Waals surface area contributed by atoms with Crippen molar-refractivity contribution in [1.29, 1.82) is 0 Å². The maximum atomic E-state index is 5.67. The number of hydrogen-bond donors (Lipinski definition) is 2. The number of ether oxygens (including phenoxy) is 1. The Morgan fingerprint density at radius 3 is 2.81 bits per heavy atom. The van der Waals surface area contributed by atoms with Crippen LogP contribution in [-0.4, -0.2) is 44.2 Å². The van der Waals surface area contributed by atoms with Crippen LogP contribution in [0.3, 0.4) is 0 Å². The minimum Gasteiger partial charge on any atom is -0.479 e. The summed E-state index contributed by atoms with van der Waals surface area (Å²) < 4.78 is 5.05. The molecule has 5 heteroatoms. The molecule has 0 atom stereocenters. The van der Waals surface area contributed by atoms with E-state index in [4.69, 9.17) is 10.5 Å². The zero-order valence-corrected chi connectivity index (χ0v) is 10.2. The van der Waals surface area contributed by atoms with E-state index in [0.29, 0.717) is 11.6 Å². The molecular formula is C11H20N4O. The molecular weight excluding hydrogens is 204 g/mol. The lowest BCUT2D eigenvalue weighted by Crippen LogP contribution is -2.16. The Balaban J connectivity index is 2.42. The van der Waals surface area contributed by atoms with Gasteiger partial charge in [0, 0.05) is 6.54 Å². The van der Waals surface area contributed by atoms with Crippen LogP contribution in [0.4, 0.5) is 11.5 Å². The third-order valence-corrected chi connectivity index (χ3v) is 2.17. The van der Waals surface area contributed by atoms with E-state index in [1.54, 1.807) is 13.2 Å². The predicted molar refractivity (Wildman–Crippen MR) is 66.9 cm³/mol. The van der Waals surface area contributed by atoms with Gasteiger partial charge in [0.25, 0.3) is 0 Å². The lowest BCUT2D eigenvalue weighted by atomic mass is 10.3. The van der Waals surface area contributed by atoms with Gasteiger partial charge in [-0.05, 0) is 39.2 Å². The molecule has 0 aliphatic heterocycles. The van der Waals surface area contributed by atoms with E-state index in [9.17, 15) is 0 Å². The van der Waals surface area contributed by atoms with Gasteiger partial charge in [0.2, 0.25) is 5.88 Å². The summed E-state index contributed by atoms with van der Waals surface area (Å²) in [5.41, 5.74) is 6.23. The normalized spacial score (nSPS) is 10.5. The number of aromatic nitrogens is 1. The number of nitrogens with one attached hydrogen (secondary N) is 1. The van der Waals surface area contributed by atoms with E-state index >= 15 is 0 Å². The van der Waals surface area contributed by atoms with E-state index in [0.717, 1.165) is 25.3 Å². The number of nitrogens with zero attached hydrogens (tertiary/aromatic N) is 2. The van der Waals surface area contributed by atoms with Gasteiger partial charge in [0.1, 0.15) is 5.82 Å². The zero-order valence-electron chi connectivity index (χ0n) is 10.2. The third-order valence-electron chi connectivity index (χ3n) is 2.17. The van der Waals surface area contributed by atoms with Crippen molar-refractivity contribution in [2.24, 2.45) is 0 Å². The Morgan fingerprint density at radius 1 is 1.44 bits per heavy atom. The minimum absolute atomic E-state index is 0.470. The monoisotopic (exact) mass is 224 g/mol. The average Bonchev–Trinajstić information content (AvgIpc) is 2.26. The van der Waals surface area contributed by atoms with Gasteiger partial charge < -0.3 is 20.7 Å². The van der Waals surface area contributed by atoms with Crippen molar-refractivity contribution in [3.63, 3.8) is 0 Å². The van der Waals surface area contributed by atoms with Crippen molar-refractivity contribution in [1.82, 2.24) is 9.88 Å². The van der Waals surface area contributed by atoms with Crippen molar-refractivity contribution >= 4 is 11.5 Å². The number of anilines is 2. The summed E-state index contributed by atoms with van der Waals surface area (Å²) in [5.74, 6) is 1.27. The molecule has 3 N–H and O–H groups in total. The average molecular weight is 224 g/mol. The molecule has 16 heavy (non-hydrogen) atoms. The van der Waals surface area contributed by atoms with E-state index in [-0.39, 0.29) is 0 Å². The number of pyridine rings is 1. The van der Waals surface area contributed by atoms with Gasteiger partial charge in [-0.1, -0.05) is 0 Å². The second-order valence-electron chi connectivity index (χ2n) is 3.88. The highest BCUT2D eigenvalue weighted by atomic mass is 16.5. The lowest BCUT2D eigenvalue weighted by Gasteiger charge is -2.11. The molecule has 0 amide bonds. The molecule has 0 aromatic carbocycles. The van der Waals surface area contributed by atoms with Crippen LogP contribution in [0.5, 0.6) is 5.88 Å². The molecule has 0 bridgehead atoms. The molecule has 1 aromatic heterocycles. The maximum Gasteiger partial charge on any atom is 0.238 e. The summed E-state index contributed by atoms with van der Waals surface area (Å²) in [7, 11) is 5.68.